The van der Waals surface area contributed by atoms with Gasteiger partial charge in [-0.2, -0.15) is 4.98 Å². The van der Waals surface area contributed by atoms with Crippen molar-refractivity contribution in [1.29, 1.82) is 0 Å². The van der Waals surface area contributed by atoms with Crippen molar-refractivity contribution in [2.75, 3.05) is 20.1 Å². The minimum absolute atomic E-state index is 0.574. The molecule has 0 aliphatic carbocycles. The monoisotopic (exact) mass is 286 g/mol. The van der Waals surface area contributed by atoms with Crippen molar-refractivity contribution in [3.63, 3.8) is 0 Å². The quantitative estimate of drug-likeness (QED) is 0.913. The van der Waals surface area contributed by atoms with Gasteiger partial charge < -0.3 is 9.84 Å². The Balaban J connectivity index is 1.69. The number of hydrogen-bond acceptors (Lipinski definition) is 5. The Morgan fingerprint density at radius 1 is 1.33 bits per heavy atom. The van der Waals surface area contributed by atoms with Gasteiger partial charge in [-0.25, -0.2) is 0 Å². The van der Waals surface area contributed by atoms with E-state index in [1.54, 1.807) is 0 Å². The summed E-state index contributed by atoms with van der Waals surface area (Å²) in [6, 6.07) is 8.77. The second-order valence-electron chi connectivity index (χ2n) is 5.70. The van der Waals surface area contributed by atoms with Crippen molar-refractivity contribution in [3.05, 3.63) is 35.7 Å². The molecule has 1 aromatic carbocycles. The van der Waals surface area contributed by atoms with Crippen LogP contribution in [0.1, 0.15) is 24.3 Å². The van der Waals surface area contributed by atoms with Gasteiger partial charge in [-0.05, 0) is 33.4 Å². The molecule has 112 valence electrons. The van der Waals surface area contributed by atoms with Crippen LogP contribution in [0.4, 0.5) is 0 Å². The molecule has 21 heavy (non-hydrogen) atoms. The molecule has 2 aromatic rings. The molecule has 1 aliphatic rings. The summed E-state index contributed by atoms with van der Waals surface area (Å²) in [5, 5.41) is 7.35. The molecule has 2 heterocycles. The summed E-state index contributed by atoms with van der Waals surface area (Å²) in [4.78, 5) is 6.95. The highest BCUT2D eigenvalue weighted by Crippen LogP contribution is 2.21. The maximum atomic E-state index is 5.41. The predicted molar refractivity (Wildman–Crippen MR) is 81.8 cm³/mol. The van der Waals surface area contributed by atoms with Crippen LogP contribution >= 0.6 is 0 Å². The number of likely N-dealkylation sites (N-methyl/N-ethyl adjacent to an activating group) is 1. The number of hydrogen-bond donors (Lipinski definition) is 1. The molecule has 1 aliphatic heterocycles. The Morgan fingerprint density at radius 3 is 2.90 bits per heavy atom. The SMILES string of the molecule is CNCC1CCCN1Cc1nc(-c2ccc(C)cc2)no1. The van der Waals surface area contributed by atoms with Gasteiger partial charge in [-0.3, -0.25) is 4.90 Å². The summed E-state index contributed by atoms with van der Waals surface area (Å²) in [6.45, 7) is 4.93. The van der Waals surface area contributed by atoms with E-state index < -0.39 is 0 Å². The minimum Gasteiger partial charge on any atom is -0.338 e. The number of nitrogens with zero attached hydrogens (tertiary/aromatic N) is 3. The molecule has 0 spiro atoms. The third-order valence-electron chi connectivity index (χ3n) is 4.06. The number of aryl methyl sites for hydroxylation is 1. The van der Waals surface area contributed by atoms with Gasteiger partial charge in [0.1, 0.15) is 0 Å². The van der Waals surface area contributed by atoms with Crippen molar-refractivity contribution < 1.29 is 4.52 Å². The number of likely N-dealkylation sites (tertiary alicyclic amines) is 1. The van der Waals surface area contributed by atoms with E-state index in [-0.39, 0.29) is 0 Å². The normalized spacial score (nSPS) is 19.2. The van der Waals surface area contributed by atoms with Crippen LogP contribution < -0.4 is 5.32 Å². The highest BCUT2D eigenvalue weighted by Gasteiger charge is 2.25. The van der Waals surface area contributed by atoms with E-state index in [2.05, 4.69) is 39.4 Å². The minimum atomic E-state index is 0.574. The lowest BCUT2D eigenvalue weighted by molar-refractivity contribution is 0.209. The third-order valence-corrected chi connectivity index (χ3v) is 4.06. The van der Waals surface area contributed by atoms with Crippen molar-refractivity contribution in [2.24, 2.45) is 0 Å². The van der Waals surface area contributed by atoms with E-state index in [1.165, 1.54) is 18.4 Å². The van der Waals surface area contributed by atoms with Gasteiger partial charge in [0, 0.05) is 18.2 Å². The maximum absolute atomic E-state index is 5.41. The highest BCUT2D eigenvalue weighted by atomic mass is 16.5. The van der Waals surface area contributed by atoms with E-state index in [9.17, 15) is 0 Å². The molecule has 0 saturated carbocycles. The fourth-order valence-corrected chi connectivity index (χ4v) is 2.88. The van der Waals surface area contributed by atoms with Gasteiger partial charge in [-0.15, -0.1) is 0 Å². The molecule has 1 atom stereocenters. The first-order valence-corrected chi connectivity index (χ1v) is 7.54. The fraction of sp³-hybridized carbons (Fsp3) is 0.500. The Kier molecular flexibility index (Phi) is 4.31. The lowest BCUT2D eigenvalue weighted by atomic mass is 10.1. The summed E-state index contributed by atoms with van der Waals surface area (Å²) in [7, 11) is 2.00. The standard InChI is InChI=1S/C16H22N4O/c1-12-5-7-13(8-6-12)16-18-15(21-19-16)11-20-9-3-4-14(20)10-17-2/h5-8,14,17H,3-4,9-11H2,1-2H3. The Hall–Kier alpha value is -1.72. The number of benzene rings is 1. The molecule has 5 nitrogen and oxygen atoms in total. The van der Waals surface area contributed by atoms with Crippen LogP contribution in [0.25, 0.3) is 11.4 Å². The fourth-order valence-electron chi connectivity index (χ4n) is 2.88. The Morgan fingerprint density at radius 2 is 2.14 bits per heavy atom. The number of rotatable bonds is 5. The van der Waals surface area contributed by atoms with E-state index in [1.807, 2.05) is 19.2 Å². The van der Waals surface area contributed by atoms with Crippen molar-refractivity contribution in [3.8, 4) is 11.4 Å². The van der Waals surface area contributed by atoms with Crippen LogP contribution in [0.15, 0.2) is 28.8 Å². The number of aromatic nitrogens is 2. The van der Waals surface area contributed by atoms with Crippen molar-refractivity contribution >= 4 is 0 Å². The topological polar surface area (TPSA) is 54.2 Å². The van der Waals surface area contributed by atoms with Crippen LogP contribution in [0, 0.1) is 6.92 Å². The van der Waals surface area contributed by atoms with E-state index in [4.69, 9.17) is 4.52 Å². The lowest BCUT2D eigenvalue weighted by Gasteiger charge is -2.22. The molecule has 1 unspecified atom stereocenters. The van der Waals surface area contributed by atoms with Gasteiger partial charge >= 0.3 is 0 Å². The van der Waals surface area contributed by atoms with E-state index in [0.29, 0.717) is 17.8 Å². The van der Waals surface area contributed by atoms with Crippen LogP contribution in [-0.4, -0.2) is 41.2 Å². The summed E-state index contributed by atoms with van der Waals surface area (Å²) >= 11 is 0. The second kappa shape index (κ2) is 6.37. The zero-order valence-electron chi connectivity index (χ0n) is 12.7. The van der Waals surface area contributed by atoms with Gasteiger partial charge in [0.25, 0.3) is 0 Å². The van der Waals surface area contributed by atoms with Gasteiger partial charge in [0.15, 0.2) is 0 Å². The average Bonchev–Trinajstić information content (AvgIpc) is 3.11. The molecule has 1 saturated heterocycles. The first-order valence-electron chi connectivity index (χ1n) is 7.54. The third kappa shape index (κ3) is 3.31. The molecule has 0 radical (unpaired) electrons. The second-order valence-corrected chi connectivity index (χ2v) is 5.70. The average molecular weight is 286 g/mol. The summed E-state index contributed by atoms with van der Waals surface area (Å²) < 4.78 is 5.41. The van der Waals surface area contributed by atoms with Crippen LogP contribution in [0.2, 0.25) is 0 Å². The maximum Gasteiger partial charge on any atom is 0.241 e. The first kappa shape index (κ1) is 14.2. The molecule has 0 amide bonds. The van der Waals surface area contributed by atoms with Crippen molar-refractivity contribution in [2.45, 2.75) is 32.4 Å². The van der Waals surface area contributed by atoms with Crippen LogP contribution in [0.5, 0.6) is 0 Å². The largest absolute Gasteiger partial charge is 0.338 e. The Bertz CT molecular complexity index is 578. The summed E-state index contributed by atoms with van der Waals surface area (Å²) in [5.41, 5.74) is 2.23. The summed E-state index contributed by atoms with van der Waals surface area (Å²) in [6.07, 6.45) is 2.48. The van der Waals surface area contributed by atoms with Gasteiger partial charge in [0.05, 0.1) is 6.54 Å². The van der Waals surface area contributed by atoms with E-state index >= 15 is 0 Å². The molecule has 1 N–H and O–H groups in total. The Labute approximate surface area is 125 Å². The lowest BCUT2D eigenvalue weighted by Crippen LogP contribution is -2.36. The van der Waals surface area contributed by atoms with E-state index in [0.717, 1.165) is 25.2 Å². The molecule has 1 fully saturated rings. The van der Waals surface area contributed by atoms with Crippen LogP contribution in [-0.2, 0) is 6.54 Å². The molecule has 5 heteroatoms. The van der Waals surface area contributed by atoms with Gasteiger partial charge in [0.2, 0.25) is 11.7 Å². The molecule has 0 bridgehead atoms. The molecular weight excluding hydrogens is 264 g/mol. The summed E-state index contributed by atoms with van der Waals surface area (Å²) in [5.74, 6) is 1.38. The molecular formula is C16H22N4O. The zero-order chi connectivity index (χ0) is 14.7. The zero-order valence-corrected chi connectivity index (χ0v) is 12.7. The molecule has 1 aromatic heterocycles. The number of nitrogens with one attached hydrogen (secondary N) is 1. The highest BCUT2D eigenvalue weighted by molar-refractivity contribution is 5.54. The van der Waals surface area contributed by atoms with Crippen molar-refractivity contribution in [1.82, 2.24) is 20.4 Å². The smallest absolute Gasteiger partial charge is 0.241 e. The predicted octanol–water partition coefficient (Wildman–Crippen LogP) is 2.23. The van der Waals surface area contributed by atoms with Gasteiger partial charge in [-0.1, -0.05) is 35.0 Å². The molecule has 3 rings (SSSR count). The van der Waals surface area contributed by atoms with Crippen LogP contribution in [0.3, 0.4) is 0 Å². The first-order chi connectivity index (χ1) is 10.3.